The van der Waals surface area contributed by atoms with Crippen molar-refractivity contribution >= 4 is 27.5 Å². The molecule has 0 bridgehead atoms. The van der Waals surface area contributed by atoms with Gasteiger partial charge in [-0.05, 0) is 25.8 Å². The average molecular weight is 329 g/mol. The Bertz CT molecular complexity index is 611. The molecule has 1 rings (SSSR count). The lowest BCUT2D eigenvalue weighted by molar-refractivity contribution is 0.0697. The van der Waals surface area contributed by atoms with E-state index >= 15 is 0 Å². The number of nitrogens with one attached hydrogen (secondary N) is 1. The first kappa shape index (κ1) is 18.2. The summed E-state index contributed by atoms with van der Waals surface area (Å²) in [6.45, 7) is 6.91. The molecule has 1 heterocycles. The Morgan fingerprint density at radius 2 is 1.86 bits per heavy atom. The average Bonchev–Trinajstić information content (AvgIpc) is 2.46. The monoisotopic (exact) mass is 329 g/mol. The molecule has 7 nitrogen and oxygen atoms in total. The summed E-state index contributed by atoms with van der Waals surface area (Å²) in [6, 6.07) is 1.32. The highest BCUT2D eigenvalue weighted by atomic mass is 32.2. The van der Waals surface area contributed by atoms with Crippen LogP contribution in [0.5, 0.6) is 0 Å². The number of aromatic nitrogens is 1. The number of anilines is 2. The van der Waals surface area contributed by atoms with E-state index in [1.54, 1.807) is 0 Å². The second-order valence-corrected chi connectivity index (χ2v) is 6.90. The van der Waals surface area contributed by atoms with Crippen molar-refractivity contribution in [3.05, 3.63) is 17.8 Å². The molecule has 0 amide bonds. The number of carbonyl (C=O) groups is 1. The van der Waals surface area contributed by atoms with Crippen molar-refractivity contribution in [1.29, 1.82) is 0 Å². The second kappa shape index (κ2) is 7.98. The van der Waals surface area contributed by atoms with E-state index in [0.717, 1.165) is 12.8 Å². The number of rotatable bonds is 9. The molecule has 1 aromatic heterocycles. The molecule has 0 saturated heterocycles. The third-order valence-electron chi connectivity index (χ3n) is 3.04. The largest absolute Gasteiger partial charge is 0.478 e. The Labute approximate surface area is 131 Å². The molecule has 22 heavy (non-hydrogen) atoms. The standard InChI is InChI=1S/C14H23N3O4S/c1-4-7-17(8-5-2)13-12(14(18)19)9-11(10-15-13)16-22(20,21)6-3/h9-10,16H,4-8H2,1-3H3,(H,18,19). The summed E-state index contributed by atoms with van der Waals surface area (Å²) in [5, 5.41) is 9.39. The lowest BCUT2D eigenvalue weighted by atomic mass is 10.2. The maximum Gasteiger partial charge on any atom is 0.339 e. The van der Waals surface area contributed by atoms with Crippen molar-refractivity contribution in [2.75, 3.05) is 28.5 Å². The highest BCUT2D eigenvalue weighted by Crippen LogP contribution is 2.22. The summed E-state index contributed by atoms with van der Waals surface area (Å²) in [4.78, 5) is 17.6. The normalized spacial score (nSPS) is 11.2. The Hall–Kier alpha value is -1.83. The smallest absolute Gasteiger partial charge is 0.339 e. The fourth-order valence-corrected chi connectivity index (χ4v) is 2.65. The van der Waals surface area contributed by atoms with Crippen LogP contribution in [0.15, 0.2) is 12.3 Å². The summed E-state index contributed by atoms with van der Waals surface area (Å²) >= 11 is 0. The van der Waals surface area contributed by atoms with Crippen LogP contribution in [-0.2, 0) is 10.0 Å². The SMILES string of the molecule is CCCN(CCC)c1ncc(NS(=O)(=O)CC)cc1C(=O)O. The Balaban J connectivity index is 3.22. The summed E-state index contributed by atoms with van der Waals surface area (Å²) < 4.78 is 25.5. The highest BCUT2D eigenvalue weighted by molar-refractivity contribution is 7.92. The number of carboxylic acids is 1. The van der Waals surface area contributed by atoms with Gasteiger partial charge >= 0.3 is 5.97 Å². The van der Waals surface area contributed by atoms with E-state index in [1.807, 2.05) is 18.7 Å². The van der Waals surface area contributed by atoms with Crippen LogP contribution in [0.3, 0.4) is 0 Å². The van der Waals surface area contributed by atoms with Crippen molar-refractivity contribution in [3.63, 3.8) is 0 Å². The highest BCUT2D eigenvalue weighted by Gasteiger charge is 2.19. The molecule has 0 aliphatic rings. The van der Waals surface area contributed by atoms with Crippen LogP contribution in [0.4, 0.5) is 11.5 Å². The van der Waals surface area contributed by atoms with Gasteiger partial charge in [0.1, 0.15) is 11.4 Å². The van der Waals surface area contributed by atoms with Gasteiger partial charge in [-0.1, -0.05) is 13.8 Å². The molecule has 0 aliphatic heterocycles. The fraction of sp³-hybridized carbons (Fsp3) is 0.571. The van der Waals surface area contributed by atoms with Gasteiger partial charge in [-0.2, -0.15) is 0 Å². The molecule has 0 saturated carbocycles. The van der Waals surface area contributed by atoms with Crippen molar-refractivity contribution in [3.8, 4) is 0 Å². The van der Waals surface area contributed by atoms with E-state index in [4.69, 9.17) is 0 Å². The number of hydrogen-bond donors (Lipinski definition) is 2. The van der Waals surface area contributed by atoms with Crippen LogP contribution >= 0.6 is 0 Å². The maximum atomic E-state index is 11.6. The quantitative estimate of drug-likeness (QED) is 0.720. The Morgan fingerprint density at radius 3 is 2.32 bits per heavy atom. The minimum atomic E-state index is -3.47. The minimum Gasteiger partial charge on any atom is -0.478 e. The van der Waals surface area contributed by atoms with E-state index in [-0.39, 0.29) is 17.0 Å². The molecule has 0 spiro atoms. The molecule has 2 N–H and O–H groups in total. The molecule has 1 aromatic rings. The number of nitrogens with zero attached hydrogens (tertiary/aromatic N) is 2. The van der Waals surface area contributed by atoms with Gasteiger partial charge in [-0.15, -0.1) is 0 Å². The van der Waals surface area contributed by atoms with E-state index in [0.29, 0.717) is 18.9 Å². The number of aromatic carboxylic acids is 1. The third kappa shape index (κ3) is 4.87. The minimum absolute atomic E-state index is 0.00166. The number of sulfonamides is 1. The molecular formula is C14H23N3O4S. The maximum absolute atomic E-state index is 11.6. The van der Waals surface area contributed by atoms with Crippen molar-refractivity contribution in [1.82, 2.24) is 4.98 Å². The first-order valence-corrected chi connectivity index (χ1v) is 8.98. The van der Waals surface area contributed by atoms with Gasteiger partial charge in [0.2, 0.25) is 10.0 Å². The summed E-state index contributed by atoms with van der Waals surface area (Å²) in [7, 11) is -3.47. The molecule has 0 aromatic carbocycles. The summed E-state index contributed by atoms with van der Waals surface area (Å²) in [6.07, 6.45) is 3.09. The molecule has 0 unspecified atom stereocenters. The third-order valence-corrected chi connectivity index (χ3v) is 4.34. The predicted molar refractivity (Wildman–Crippen MR) is 87.1 cm³/mol. The van der Waals surface area contributed by atoms with Crippen LogP contribution in [0.1, 0.15) is 44.0 Å². The zero-order valence-corrected chi connectivity index (χ0v) is 14.0. The molecule has 0 atom stereocenters. The van der Waals surface area contributed by atoms with Gasteiger partial charge in [0.25, 0.3) is 0 Å². The van der Waals surface area contributed by atoms with Crippen LogP contribution in [-0.4, -0.2) is 43.3 Å². The lowest BCUT2D eigenvalue weighted by Gasteiger charge is -2.24. The van der Waals surface area contributed by atoms with Gasteiger partial charge in [0.15, 0.2) is 0 Å². The fourth-order valence-electron chi connectivity index (χ4n) is 2.04. The molecule has 8 heteroatoms. The van der Waals surface area contributed by atoms with E-state index in [1.165, 1.54) is 19.2 Å². The molecule has 0 radical (unpaired) electrons. The summed E-state index contributed by atoms with van der Waals surface area (Å²) in [5.74, 6) is -0.845. The zero-order valence-electron chi connectivity index (χ0n) is 13.2. The van der Waals surface area contributed by atoms with Gasteiger partial charge in [-0.25, -0.2) is 18.2 Å². The molecule has 124 valence electrons. The summed E-state index contributed by atoms with van der Waals surface area (Å²) in [5.41, 5.74) is 0.161. The van der Waals surface area contributed by atoms with Gasteiger partial charge in [0, 0.05) is 13.1 Å². The Morgan fingerprint density at radius 1 is 1.27 bits per heavy atom. The molecule has 0 aliphatic carbocycles. The van der Waals surface area contributed by atoms with Crippen molar-refractivity contribution in [2.24, 2.45) is 0 Å². The van der Waals surface area contributed by atoms with E-state index in [2.05, 4.69) is 9.71 Å². The van der Waals surface area contributed by atoms with Crippen LogP contribution in [0.25, 0.3) is 0 Å². The lowest BCUT2D eigenvalue weighted by Crippen LogP contribution is -2.28. The van der Waals surface area contributed by atoms with Crippen LogP contribution < -0.4 is 9.62 Å². The topological polar surface area (TPSA) is 99.6 Å². The van der Waals surface area contributed by atoms with Gasteiger partial charge in [0.05, 0.1) is 17.6 Å². The van der Waals surface area contributed by atoms with E-state index in [9.17, 15) is 18.3 Å². The Kier molecular flexibility index (Phi) is 6.61. The van der Waals surface area contributed by atoms with Crippen LogP contribution in [0.2, 0.25) is 0 Å². The molecular weight excluding hydrogens is 306 g/mol. The second-order valence-electron chi connectivity index (χ2n) is 4.89. The zero-order chi connectivity index (χ0) is 16.8. The number of pyridine rings is 1. The van der Waals surface area contributed by atoms with Gasteiger partial charge < -0.3 is 10.0 Å². The molecule has 0 fully saturated rings. The van der Waals surface area contributed by atoms with Crippen molar-refractivity contribution < 1.29 is 18.3 Å². The van der Waals surface area contributed by atoms with Crippen LogP contribution in [0, 0.1) is 0 Å². The number of carboxylic acid groups (broad SMARTS) is 1. The first-order chi connectivity index (χ1) is 10.3. The number of hydrogen-bond acceptors (Lipinski definition) is 5. The van der Waals surface area contributed by atoms with Gasteiger partial charge in [-0.3, -0.25) is 4.72 Å². The first-order valence-electron chi connectivity index (χ1n) is 7.33. The predicted octanol–water partition coefficient (Wildman–Crippen LogP) is 2.17. The van der Waals surface area contributed by atoms with Crippen molar-refractivity contribution in [2.45, 2.75) is 33.6 Å². The van der Waals surface area contributed by atoms with E-state index < -0.39 is 16.0 Å².